The molecule has 23 heavy (non-hydrogen) atoms. The fraction of sp³-hybridized carbons (Fsp3) is 0.500. The van der Waals surface area contributed by atoms with E-state index in [0.29, 0.717) is 5.56 Å². The first-order valence-electron chi connectivity index (χ1n) is 6.90. The van der Waals surface area contributed by atoms with Crippen molar-refractivity contribution in [1.29, 1.82) is 0 Å². The van der Waals surface area contributed by atoms with Gasteiger partial charge in [-0.25, -0.2) is 0 Å². The number of carbonyl (C=O) groups excluding carboxylic acids is 1. The number of aliphatic hydroxyl groups is 2. The summed E-state index contributed by atoms with van der Waals surface area (Å²) in [5.74, 6) is -0.638. The number of nitrogens with zero attached hydrogens (tertiary/aromatic N) is 3. The lowest BCUT2D eigenvalue weighted by Crippen LogP contribution is -2.62. The van der Waals surface area contributed by atoms with Crippen LogP contribution in [0.3, 0.4) is 0 Å². The molecule has 9 heteroatoms. The van der Waals surface area contributed by atoms with Crippen molar-refractivity contribution in [3.05, 3.63) is 46.3 Å². The van der Waals surface area contributed by atoms with Crippen LogP contribution in [0.1, 0.15) is 12.5 Å². The van der Waals surface area contributed by atoms with Crippen LogP contribution in [-0.4, -0.2) is 47.1 Å². The average Bonchev–Trinajstić information content (AvgIpc) is 2.54. The Kier molecular flexibility index (Phi) is 5.51. The van der Waals surface area contributed by atoms with Crippen LogP contribution in [0.15, 0.2) is 35.4 Å². The first-order chi connectivity index (χ1) is 10.9. The number of hydrogen-bond acceptors (Lipinski definition) is 7. The Balaban J connectivity index is 2.54. The van der Waals surface area contributed by atoms with Gasteiger partial charge in [0.25, 0.3) is 0 Å². The highest BCUT2D eigenvalue weighted by atomic mass is 32.1. The van der Waals surface area contributed by atoms with Crippen molar-refractivity contribution in [1.82, 2.24) is 0 Å². The van der Waals surface area contributed by atoms with Gasteiger partial charge < -0.3 is 19.7 Å². The fourth-order valence-electron chi connectivity index (χ4n) is 2.57. The van der Waals surface area contributed by atoms with E-state index in [1.165, 1.54) is 6.92 Å². The van der Waals surface area contributed by atoms with Gasteiger partial charge in [-0.1, -0.05) is 35.4 Å². The van der Waals surface area contributed by atoms with Gasteiger partial charge in [0.15, 0.2) is 11.0 Å². The summed E-state index contributed by atoms with van der Waals surface area (Å²) < 4.78 is 11.0. The second-order valence-corrected chi connectivity index (χ2v) is 5.78. The standard InChI is InChI=1S/C14H17N3O5S/c1-8(19)21-13-11(16-17-15)12(20)10(7-18)22-14(13,23)9-5-3-2-4-6-9/h2-6,10-13,18,20,23H,7H2,1H3/t10-,11+,12+,13-,14+/m1/s1. The topological polar surface area (TPSA) is 125 Å². The normalized spacial score (nSPS) is 33.6. The molecule has 0 saturated carbocycles. The molecule has 1 aromatic rings. The lowest BCUT2D eigenvalue weighted by molar-refractivity contribution is -0.219. The molecule has 0 amide bonds. The zero-order chi connectivity index (χ0) is 17.0. The van der Waals surface area contributed by atoms with Gasteiger partial charge in [-0.3, -0.25) is 4.79 Å². The van der Waals surface area contributed by atoms with Crippen LogP contribution in [0.5, 0.6) is 0 Å². The smallest absolute Gasteiger partial charge is 0.303 e. The molecule has 1 fully saturated rings. The molecule has 0 bridgehead atoms. The zero-order valence-corrected chi connectivity index (χ0v) is 13.2. The van der Waals surface area contributed by atoms with E-state index >= 15 is 0 Å². The van der Waals surface area contributed by atoms with Gasteiger partial charge in [-0.15, -0.1) is 12.6 Å². The number of esters is 1. The molecule has 0 aromatic heterocycles. The molecule has 0 unspecified atom stereocenters. The average molecular weight is 339 g/mol. The molecular formula is C14H17N3O5S. The van der Waals surface area contributed by atoms with Crippen molar-refractivity contribution in [3.8, 4) is 0 Å². The number of rotatable bonds is 4. The summed E-state index contributed by atoms with van der Waals surface area (Å²) in [5.41, 5.74) is 9.31. The Hall–Kier alpha value is -1.77. The predicted octanol–water partition coefficient (Wildman–Crippen LogP) is 1.13. The number of benzene rings is 1. The van der Waals surface area contributed by atoms with E-state index in [2.05, 4.69) is 22.7 Å². The zero-order valence-electron chi connectivity index (χ0n) is 12.3. The van der Waals surface area contributed by atoms with Crippen LogP contribution in [0.2, 0.25) is 0 Å². The Morgan fingerprint density at radius 1 is 1.52 bits per heavy atom. The van der Waals surface area contributed by atoms with Crippen LogP contribution < -0.4 is 0 Å². The highest BCUT2D eigenvalue weighted by Gasteiger charge is 2.55. The summed E-state index contributed by atoms with van der Waals surface area (Å²) >= 11 is 4.51. The van der Waals surface area contributed by atoms with Crippen molar-refractivity contribution in [2.24, 2.45) is 5.11 Å². The molecule has 1 aliphatic heterocycles. The van der Waals surface area contributed by atoms with Crippen molar-refractivity contribution >= 4 is 18.6 Å². The van der Waals surface area contributed by atoms with Crippen LogP contribution in [0, 0.1) is 0 Å². The fourth-order valence-corrected chi connectivity index (χ4v) is 3.06. The van der Waals surface area contributed by atoms with Crippen LogP contribution in [0.4, 0.5) is 0 Å². The minimum absolute atomic E-state index is 0.513. The van der Waals surface area contributed by atoms with Gasteiger partial charge in [-0.05, 0) is 11.1 Å². The van der Waals surface area contributed by atoms with Gasteiger partial charge >= 0.3 is 5.97 Å². The van der Waals surface area contributed by atoms with Crippen LogP contribution in [-0.2, 0) is 19.2 Å². The van der Waals surface area contributed by atoms with Gasteiger partial charge in [0.1, 0.15) is 12.1 Å². The third kappa shape index (κ3) is 3.44. The van der Waals surface area contributed by atoms with E-state index in [0.717, 1.165) is 0 Å². The SMILES string of the molecule is CC(=O)O[C@@H]1[C@@H](N=[N+]=[N-])[C@@H](O)[C@@H](CO)O[C@]1(S)c1ccccc1. The van der Waals surface area contributed by atoms with Crippen molar-refractivity contribution in [2.45, 2.75) is 36.2 Å². The van der Waals surface area contributed by atoms with Crippen molar-refractivity contribution in [2.75, 3.05) is 6.61 Å². The Bertz CT molecular complexity index is 610. The number of hydrogen-bond donors (Lipinski definition) is 3. The summed E-state index contributed by atoms with van der Waals surface area (Å²) in [4.78, 5) is 12.7. The molecule has 1 heterocycles. The molecule has 124 valence electrons. The predicted molar refractivity (Wildman–Crippen MR) is 83.6 cm³/mol. The third-order valence-corrected chi connectivity index (χ3v) is 4.22. The minimum atomic E-state index is -1.49. The Labute approximate surface area is 138 Å². The number of azide groups is 1. The number of ether oxygens (including phenoxy) is 2. The maximum Gasteiger partial charge on any atom is 0.303 e. The van der Waals surface area contributed by atoms with Crippen LogP contribution >= 0.6 is 12.6 Å². The number of thiol groups is 1. The first-order valence-corrected chi connectivity index (χ1v) is 7.34. The molecule has 2 N–H and O–H groups in total. The van der Waals surface area contributed by atoms with Gasteiger partial charge in [0.05, 0.1) is 12.7 Å². The highest BCUT2D eigenvalue weighted by molar-refractivity contribution is 7.81. The third-order valence-electron chi connectivity index (χ3n) is 3.60. The number of carbonyl (C=O) groups is 1. The molecule has 0 radical (unpaired) electrons. The number of aliphatic hydroxyl groups excluding tert-OH is 2. The van der Waals surface area contributed by atoms with E-state index in [1.807, 2.05) is 0 Å². The molecule has 1 saturated heterocycles. The summed E-state index contributed by atoms with van der Waals surface area (Å²) in [5, 5.41) is 23.2. The summed E-state index contributed by atoms with van der Waals surface area (Å²) in [6.07, 6.45) is -3.56. The Morgan fingerprint density at radius 2 is 2.17 bits per heavy atom. The highest BCUT2D eigenvalue weighted by Crippen LogP contribution is 2.44. The van der Waals surface area contributed by atoms with E-state index < -0.39 is 41.9 Å². The summed E-state index contributed by atoms with van der Waals surface area (Å²) in [6.45, 7) is 0.678. The largest absolute Gasteiger partial charge is 0.458 e. The first kappa shape index (κ1) is 17.6. The quantitative estimate of drug-likeness (QED) is 0.249. The van der Waals surface area contributed by atoms with E-state index in [9.17, 15) is 15.0 Å². The van der Waals surface area contributed by atoms with Gasteiger partial charge in [0.2, 0.25) is 0 Å². The second kappa shape index (κ2) is 7.20. The lowest BCUT2D eigenvalue weighted by atomic mass is 9.89. The molecule has 8 nitrogen and oxygen atoms in total. The summed E-state index contributed by atoms with van der Waals surface area (Å²) in [7, 11) is 0. The van der Waals surface area contributed by atoms with Crippen molar-refractivity contribution < 1.29 is 24.5 Å². The molecule has 0 spiro atoms. The molecular weight excluding hydrogens is 322 g/mol. The Morgan fingerprint density at radius 3 is 2.70 bits per heavy atom. The van der Waals surface area contributed by atoms with E-state index in [-0.39, 0.29) is 0 Å². The minimum Gasteiger partial charge on any atom is -0.458 e. The summed E-state index contributed by atoms with van der Waals surface area (Å²) in [6, 6.07) is 7.50. The van der Waals surface area contributed by atoms with Gasteiger partial charge in [0, 0.05) is 11.8 Å². The van der Waals surface area contributed by atoms with Crippen LogP contribution in [0.25, 0.3) is 10.4 Å². The molecule has 2 rings (SSSR count). The van der Waals surface area contributed by atoms with E-state index in [4.69, 9.17) is 15.0 Å². The second-order valence-electron chi connectivity index (χ2n) is 5.12. The molecule has 5 atom stereocenters. The molecule has 0 aliphatic carbocycles. The molecule has 1 aromatic carbocycles. The monoisotopic (exact) mass is 339 g/mol. The maximum atomic E-state index is 11.5. The maximum absolute atomic E-state index is 11.5. The van der Waals surface area contributed by atoms with Gasteiger partial charge in [-0.2, -0.15) is 0 Å². The van der Waals surface area contributed by atoms with Crippen molar-refractivity contribution in [3.63, 3.8) is 0 Å². The molecule has 1 aliphatic rings. The van der Waals surface area contributed by atoms with E-state index in [1.54, 1.807) is 30.3 Å². The lowest BCUT2D eigenvalue weighted by Gasteiger charge is -2.48.